The standard InChI is InChI=1S/C62H50BN3OS/c1-61(2,3)37-25-28-39(29-26-37)64-49-35-45-43-21-14-16-24-53(43)68-54(45)36-46(49)57-58-59-55(56-44-22-13-15-23-52(44)67-60(56)57)47-33-38(62(4,5)6)27-32-50(47)66(59)51-34-42(30-31-48(51)63-58)65(40-17-9-7-10-18-40)41-19-11-8-12-20-41/h7-36,63-64H,1-6H3. The van der Waals surface area contributed by atoms with Crippen LogP contribution in [0.2, 0.25) is 0 Å². The SMILES string of the molecule is CC(C)(C)c1ccc(Nc2cc3c(cc2-c2c4c5c(c6cc(C(C)(C)C)ccc6n5-c5cc(N(c6ccccc6)c6ccccc6)ccc5B4)c4c2oc2ccccc24)sc2ccccc23)cc1. The monoisotopic (exact) mass is 895 g/mol. The molecule has 13 rings (SSSR count). The smallest absolute Gasteiger partial charge is 0.198 e. The van der Waals surface area contributed by atoms with Crippen molar-refractivity contribution in [1.82, 2.24) is 4.57 Å². The zero-order valence-corrected chi connectivity index (χ0v) is 40.1. The minimum absolute atomic E-state index is 0.0493. The van der Waals surface area contributed by atoms with Gasteiger partial charge in [0.1, 0.15) is 11.2 Å². The van der Waals surface area contributed by atoms with E-state index in [1.54, 1.807) is 0 Å². The molecule has 0 atom stereocenters. The summed E-state index contributed by atoms with van der Waals surface area (Å²) in [5.74, 6) is 0. The molecule has 0 spiro atoms. The van der Waals surface area contributed by atoms with Crippen molar-refractivity contribution in [3.63, 3.8) is 0 Å². The van der Waals surface area contributed by atoms with Crippen LogP contribution >= 0.6 is 11.3 Å². The molecule has 0 bridgehead atoms. The lowest BCUT2D eigenvalue weighted by molar-refractivity contribution is 0.590. The van der Waals surface area contributed by atoms with Gasteiger partial charge in [-0.3, -0.25) is 0 Å². The maximum Gasteiger partial charge on any atom is 0.198 e. The van der Waals surface area contributed by atoms with Crippen LogP contribution in [-0.2, 0) is 10.8 Å². The van der Waals surface area contributed by atoms with Crippen molar-refractivity contribution >= 4 is 122 Å². The Bertz CT molecular complexity index is 3940. The van der Waals surface area contributed by atoms with Crippen molar-refractivity contribution in [3.8, 4) is 16.8 Å². The number of furan rings is 1. The normalized spacial score (nSPS) is 12.7. The van der Waals surface area contributed by atoms with E-state index in [9.17, 15) is 0 Å². The van der Waals surface area contributed by atoms with Crippen LogP contribution in [0.15, 0.2) is 186 Å². The Morgan fingerprint density at radius 2 is 1.21 bits per heavy atom. The second-order valence-corrected chi connectivity index (χ2v) is 21.7. The van der Waals surface area contributed by atoms with E-state index in [1.165, 1.54) is 69.7 Å². The average Bonchev–Trinajstić information content (AvgIpc) is 4.02. The summed E-state index contributed by atoms with van der Waals surface area (Å²) in [6.07, 6.45) is 0. The number of nitrogens with zero attached hydrogens (tertiary/aromatic N) is 2. The van der Waals surface area contributed by atoms with E-state index in [1.807, 2.05) is 11.3 Å². The number of nitrogens with one attached hydrogen (secondary N) is 1. The number of fused-ring (bicyclic) bond motifs is 12. The molecule has 0 radical (unpaired) electrons. The predicted octanol–water partition coefficient (Wildman–Crippen LogP) is 16.2. The average molecular weight is 896 g/mol. The molecular formula is C62H50BN3OS. The highest BCUT2D eigenvalue weighted by molar-refractivity contribution is 7.25. The van der Waals surface area contributed by atoms with Crippen LogP contribution in [0, 0.1) is 0 Å². The third-order valence-electron chi connectivity index (χ3n) is 14.3. The minimum Gasteiger partial charge on any atom is -0.455 e. The summed E-state index contributed by atoms with van der Waals surface area (Å²) in [6.45, 7) is 13.8. The van der Waals surface area contributed by atoms with Crippen LogP contribution in [0.4, 0.5) is 28.4 Å². The van der Waals surface area contributed by atoms with Gasteiger partial charge in [-0.25, -0.2) is 0 Å². The van der Waals surface area contributed by atoms with Gasteiger partial charge in [0.05, 0.1) is 11.0 Å². The molecule has 6 heteroatoms. The predicted molar refractivity (Wildman–Crippen MR) is 295 cm³/mol. The van der Waals surface area contributed by atoms with E-state index in [2.05, 4.69) is 238 Å². The third-order valence-corrected chi connectivity index (χ3v) is 15.4. The van der Waals surface area contributed by atoms with Gasteiger partial charge in [-0.1, -0.05) is 144 Å². The molecule has 3 aromatic heterocycles. The summed E-state index contributed by atoms with van der Waals surface area (Å²) in [6, 6.07) is 67.0. The van der Waals surface area contributed by atoms with Crippen LogP contribution in [0.1, 0.15) is 52.7 Å². The number of benzene rings is 9. The first-order valence-corrected chi connectivity index (χ1v) is 24.6. The molecule has 12 aromatic rings. The summed E-state index contributed by atoms with van der Waals surface area (Å²) < 4.78 is 12.4. The van der Waals surface area contributed by atoms with Crippen LogP contribution < -0.4 is 21.1 Å². The fourth-order valence-corrected chi connectivity index (χ4v) is 12.0. The number of para-hydroxylation sites is 3. The molecule has 68 heavy (non-hydrogen) atoms. The summed E-state index contributed by atoms with van der Waals surface area (Å²) in [5, 5.41) is 11.3. The number of hydrogen-bond acceptors (Lipinski definition) is 4. The Labute approximate surface area is 401 Å². The Morgan fingerprint density at radius 3 is 1.93 bits per heavy atom. The lowest BCUT2D eigenvalue weighted by Gasteiger charge is -2.29. The van der Waals surface area contributed by atoms with Crippen molar-refractivity contribution in [2.24, 2.45) is 0 Å². The Balaban J connectivity index is 1.16. The maximum atomic E-state index is 7.29. The van der Waals surface area contributed by atoms with Crippen molar-refractivity contribution in [2.45, 2.75) is 52.4 Å². The van der Waals surface area contributed by atoms with E-state index < -0.39 is 0 Å². The van der Waals surface area contributed by atoms with Gasteiger partial charge >= 0.3 is 0 Å². The summed E-state index contributed by atoms with van der Waals surface area (Å²) in [4.78, 5) is 2.38. The summed E-state index contributed by atoms with van der Waals surface area (Å²) in [5.41, 5.74) is 18.3. The second kappa shape index (κ2) is 15.0. The van der Waals surface area contributed by atoms with E-state index in [0.717, 1.165) is 68.8 Å². The number of rotatable bonds is 6. The molecule has 4 nitrogen and oxygen atoms in total. The van der Waals surface area contributed by atoms with E-state index in [4.69, 9.17) is 4.42 Å². The molecule has 0 aliphatic carbocycles. The second-order valence-electron chi connectivity index (χ2n) is 20.6. The van der Waals surface area contributed by atoms with Gasteiger partial charge in [0.2, 0.25) is 0 Å². The van der Waals surface area contributed by atoms with E-state index >= 15 is 0 Å². The Hall–Kier alpha value is -7.54. The van der Waals surface area contributed by atoms with Gasteiger partial charge < -0.3 is 19.2 Å². The van der Waals surface area contributed by atoms with Crippen LogP contribution in [-0.4, -0.2) is 11.8 Å². The van der Waals surface area contributed by atoms with Crippen LogP contribution in [0.5, 0.6) is 0 Å². The lowest BCUT2D eigenvalue weighted by atomic mass is 9.58. The molecular weight excluding hydrogens is 846 g/mol. The fraction of sp³-hybridized carbons (Fsp3) is 0.129. The number of anilines is 5. The molecule has 0 unspecified atom stereocenters. The first-order chi connectivity index (χ1) is 33.0. The molecule has 9 aromatic carbocycles. The van der Waals surface area contributed by atoms with Crippen molar-refractivity contribution < 1.29 is 4.42 Å². The molecule has 0 saturated heterocycles. The highest BCUT2D eigenvalue weighted by Crippen LogP contribution is 2.49. The van der Waals surface area contributed by atoms with Crippen molar-refractivity contribution in [1.29, 1.82) is 0 Å². The van der Waals surface area contributed by atoms with E-state index in [-0.39, 0.29) is 10.8 Å². The molecule has 0 fully saturated rings. The molecule has 328 valence electrons. The van der Waals surface area contributed by atoms with Gasteiger partial charge in [-0.2, -0.15) is 0 Å². The van der Waals surface area contributed by atoms with Crippen molar-refractivity contribution in [2.75, 3.05) is 10.2 Å². The fourth-order valence-electron chi connectivity index (χ4n) is 10.9. The maximum absolute atomic E-state index is 7.29. The molecule has 1 N–H and O–H groups in total. The molecule has 1 aliphatic rings. The first kappa shape index (κ1) is 40.7. The quantitative estimate of drug-likeness (QED) is 0.169. The Morgan fingerprint density at radius 1 is 0.544 bits per heavy atom. The molecule has 1 aliphatic heterocycles. The summed E-state index contributed by atoms with van der Waals surface area (Å²) >= 11 is 1.86. The van der Waals surface area contributed by atoms with Crippen LogP contribution in [0.25, 0.3) is 80.7 Å². The van der Waals surface area contributed by atoms with E-state index in [0.29, 0.717) is 0 Å². The van der Waals surface area contributed by atoms with Gasteiger partial charge in [-0.15, -0.1) is 11.3 Å². The number of aromatic nitrogens is 1. The van der Waals surface area contributed by atoms with Gasteiger partial charge in [0.15, 0.2) is 7.28 Å². The van der Waals surface area contributed by atoms with Crippen molar-refractivity contribution in [3.05, 3.63) is 193 Å². The van der Waals surface area contributed by atoms with Crippen LogP contribution in [0.3, 0.4) is 0 Å². The van der Waals surface area contributed by atoms with Gasteiger partial charge in [-0.05, 0) is 112 Å². The topological polar surface area (TPSA) is 33.3 Å². The van der Waals surface area contributed by atoms with Gasteiger partial charge in [0, 0.05) is 87.0 Å². The zero-order chi connectivity index (χ0) is 46.1. The lowest BCUT2D eigenvalue weighted by Crippen LogP contribution is -2.37. The highest BCUT2D eigenvalue weighted by atomic mass is 32.1. The van der Waals surface area contributed by atoms with Gasteiger partial charge in [0.25, 0.3) is 0 Å². The third kappa shape index (κ3) is 6.34. The molecule has 4 heterocycles. The minimum atomic E-state index is -0.0502. The summed E-state index contributed by atoms with van der Waals surface area (Å²) in [7, 11) is 0.734. The highest BCUT2D eigenvalue weighted by Gasteiger charge is 2.33. The largest absolute Gasteiger partial charge is 0.455 e. The number of thiophene rings is 1. The number of hydrogen-bond donors (Lipinski definition) is 1. The zero-order valence-electron chi connectivity index (χ0n) is 39.2. The Kier molecular flexibility index (Phi) is 8.97. The first-order valence-electron chi connectivity index (χ1n) is 23.8. The molecule has 0 saturated carbocycles. The molecule has 0 amide bonds.